The molecule has 0 saturated carbocycles. The van der Waals surface area contributed by atoms with Crippen molar-refractivity contribution in [2.75, 3.05) is 13.1 Å². The number of amides is 1. The third-order valence-corrected chi connectivity index (χ3v) is 2.79. The fourth-order valence-electron chi connectivity index (χ4n) is 1.30. The minimum Gasteiger partial charge on any atom is -0.328 e. The molecule has 1 rings (SSSR count). The van der Waals surface area contributed by atoms with Crippen LogP contribution in [0.1, 0.15) is 17.3 Å². The molecule has 0 spiro atoms. The Hall–Kier alpha value is -1.34. The summed E-state index contributed by atoms with van der Waals surface area (Å²) in [5, 5.41) is 0. The SMILES string of the molecule is C#CCN(CC)C(=O)c1c(F)cccc1Br. The zero-order valence-electron chi connectivity index (χ0n) is 8.84. The largest absolute Gasteiger partial charge is 0.328 e. The highest BCUT2D eigenvalue weighted by Gasteiger charge is 2.19. The second-order valence-electron chi connectivity index (χ2n) is 3.12. The van der Waals surface area contributed by atoms with Crippen LogP contribution in [0.5, 0.6) is 0 Å². The van der Waals surface area contributed by atoms with E-state index in [9.17, 15) is 9.18 Å². The van der Waals surface area contributed by atoms with Crippen molar-refractivity contribution in [2.24, 2.45) is 0 Å². The van der Waals surface area contributed by atoms with E-state index in [1.54, 1.807) is 13.0 Å². The highest BCUT2D eigenvalue weighted by Crippen LogP contribution is 2.21. The van der Waals surface area contributed by atoms with Gasteiger partial charge in [-0.05, 0) is 35.0 Å². The topological polar surface area (TPSA) is 20.3 Å². The lowest BCUT2D eigenvalue weighted by Gasteiger charge is -2.18. The number of carbonyl (C=O) groups excluding carboxylic acids is 1. The van der Waals surface area contributed by atoms with Gasteiger partial charge in [0.15, 0.2) is 0 Å². The minimum absolute atomic E-state index is 0.0274. The monoisotopic (exact) mass is 283 g/mol. The van der Waals surface area contributed by atoms with Crippen molar-refractivity contribution >= 4 is 21.8 Å². The lowest BCUT2D eigenvalue weighted by Crippen LogP contribution is -2.32. The van der Waals surface area contributed by atoms with Crippen molar-refractivity contribution in [3.8, 4) is 12.3 Å². The van der Waals surface area contributed by atoms with Crippen LogP contribution in [0.4, 0.5) is 4.39 Å². The molecule has 2 nitrogen and oxygen atoms in total. The Kier molecular flexibility index (Phi) is 4.51. The van der Waals surface area contributed by atoms with Gasteiger partial charge in [-0.25, -0.2) is 4.39 Å². The van der Waals surface area contributed by atoms with Crippen LogP contribution in [0.2, 0.25) is 0 Å². The number of halogens is 2. The van der Waals surface area contributed by atoms with Gasteiger partial charge in [0, 0.05) is 11.0 Å². The lowest BCUT2D eigenvalue weighted by molar-refractivity contribution is 0.0779. The molecule has 0 bridgehead atoms. The number of carbonyl (C=O) groups is 1. The van der Waals surface area contributed by atoms with Gasteiger partial charge in [-0.3, -0.25) is 4.79 Å². The number of hydrogen-bond acceptors (Lipinski definition) is 1. The smallest absolute Gasteiger partial charge is 0.258 e. The van der Waals surface area contributed by atoms with Crippen molar-refractivity contribution in [1.29, 1.82) is 0 Å². The Morgan fingerprint density at radius 3 is 2.81 bits per heavy atom. The van der Waals surface area contributed by atoms with Crippen molar-refractivity contribution in [3.05, 3.63) is 34.1 Å². The molecule has 0 aliphatic rings. The minimum atomic E-state index is -0.546. The van der Waals surface area contributed by atoms with Crippen LogP contribution in [0.15, 0.2) is 22.7 Å². The van der Waals surface area contributed by atoms with E-state index in [0.717, 1.165) is 0 Å². The van der Waals surface area contributed by atoms with E-state index < -0.39 is 11.7 Å². The molecule has 0 heterocycles. The van der Waals surface area contributed by atoms with Crippen molar-refractivity contribution in [2.45, 2.75) is 6.92 Å². The zero-order valence-corrected chi connectivity index (χ0v) is 10.4. The van der Waals surface area contributed by atoms with Crippen LogP contribution >= 0.6 is 15.9 Å². The molecule has 0 radical (unpaired) electrons. The van der Waals surface area contributed by atoms with Gasteiger partial charge in [-0.2, -0.15) is 0 Å². The summed E-state index contributed by atoms with van der Waals surface area (Å²) in [5.74, 6) is 1.43. The second-order valence-corrected chi connectivity index (χ2v) is 3.97. The van der Waals surface area contributed by atoms with Crippen molar-refractivity contribution in [3.63, 3.8) is 0 Å². The van der Waals surface area contributed by atoms with Gasteiger partial charge < -0.3 is 4.90 Å². The van der Waals surface area contributed by atoms with Crippen LogP contribution in [0.25, 0.3) is 0 Å². The van der Waals surface area contributed by atoms with Gasteiger partial charge in [0.1, 0.15) is 5.82 Å². The molecule has 4 heteroatoms. The summed E-state index contributed by atoms with van der Waals surface area (Å²) in [6, 6.07) is 4.41. The summed E-state index contributed by atoms with van der Waals surface area (Å²) in [4.78, 5) is 13.4. The quantitative estimate of drug-likeness (QED) is 0.781. The van der Waals surface area contributed by atoms with Gasteiger partial charge in [-0.15, -0.1) is 6.42 Å². The number of nitrogens with zero attached hydrogens (tertiary/aromatic N) is 1. The summed E-state index contributed by atoms with van der Waals surface area (Å²) in [7, 11) is 0. The molecule has 0 aliphatic carbocycles. The summed E-state index contributed by atoms with van der Waals surface area (Å²) in [5.41, 5.74) is 0.0274. The summed E-state index contributed by atoms with van der Waals surface area (Å²) < 4.78 is 13.9. The van der Waals surface area contributed by atoms with E-state index in [1.165, 1.54) is 17.0 Å². The van der Waals surface area contributed by atoms with Gasteiger partial charge >= 0.3 is 0 Å². The summed E-state index contributed by atoms with van der Waals surface area (Å²) >= 11 is 3.16. The molecule has 1 amide bonds. The highest BCUT2D eigenvalue weighted by molar-refractivity contribution is 9.10. The molecule has 0 aromatic heterocycles. The summed E-state index contributed by atoms with van der Waals surface area (Å²) in [6.07, 6.45) is 5.15. The maximum atomic E-state index is 13.5. The first-order valence-corrected chi connectivity index (χ1v) is 5.57. The molecule has 16 heavy (non-hydrogen) atoms. The first-order chi connectivity index (χ1) is 7.61. The molecule has 1 aromatic carbocycles. The average Bonchev–Trinajstić information content (AvgIpc) is 2.25. The van der Waals surface area contributed by atoms with Crippen LogP contribution in [0.3, 0.4) is 0 Å². The third-order valence-electron chi connectivity index (χ3n) is 2.13. The fraction of sp³-hybridized carbons (Fsp3) is 0.250. The Morgan fingerprint density at radius 2 is 2.31 bits per heavy atom. The van der Waals surface area contributed by atoms with E-state index in [1.807, 2.05) is 0 Å². The number of rotatable bonds is 3. The molecule has 0 aliphatic heterocycles. The van der Waals surface area contributed by atoms with Crippen LogP contribution < -0.4 is 0 Å². The number of benzene rings is 1. The van der Waals surface area contributed by atoms with Crippen molar-refractivity contribution in [1.82, 2.24) is 4.90 Å². The van der Waals surface area contributed by atoms with Crippen LogP contribution in [-0.2, 0) is 0 Å². The third kappa shape index (κ3) is 2.61. The molecular formula is C12H11BrFNO. The van der Waals surface area contributed by atoms with Crippen LogP contribution in [-0.4, -0.2) is 23.9 Å². The Labute approximate surface area is 103 Å². The molecule has 0 unspecified atom stereocenters. The fourth-order valence-corrected chi connectivity index (χ4v) is 1.81. The normalized spacial score (nSPS) is 9.62. The van der Waals surface area contributed by atoms with E-state index in [0.29, 0.717) is 11.0 Å². The standard InChI is InChI=1S/C12H11BrFNO/c1-3-8-15(4-2)12(16)11-9(13)6-5-7-10(11)14/h1,5-7H,4,8H2,2H3. The maximum Gasteiger partial charge on any atom is 0.258 e. The van der Waals surface area contributed by atoms with E-state index >= 15 is 0 Å². The molecule has 0 atom stereocenters. The van der Waals surface area contributed by atoms with Crippen molar-refractivity contribution < 1.29 is 9.18 Å². The second kappa shape index (κ2) is 5.66. The average molecular weight is 284 g/mol. The first kappa shape index (κ1) is 12.7. The molecule has 0 saturated heterocycles. The highest BCUT2D eigenvalue weighted by atomic mass is 79.9. The Bertz CT molecular complexity index is 419. The molecule has 0 N–H and O–H groups in total. The zero-order chi connectivity index (χ0) is 12.1. The Morgan fingerprint density at radius 1 is 1.62 bits per heavy atom. The first-order valence-electron chi connectivity index (χ1n) is 4.78. The van der Waals surface area contributed by atoms with E-state index in [-0.39, 0.29) is 12.1 Å². The maximum absolute atomic E-state index is 13.5. The molecular weight excluding hydrogens is 273 g/mol. The predicted molar refractivity (Wildman–Crippen MR) is 64.5 cm³/mol. The molecule has 0 fully saturated rings. The van der Waals surface area contributed by atoms with E-state index in [4.69, 9.17) is 6.42 Å². The number of hydrogen-bond donors (Lipinski definition) is 0. The predicted octanol–water partition coefficient (Wildman–Crippen LogP) is 2.68. The Balaban J connectivity index is 3.09. The molecule has 1 aromatic rings. The van der Waals surface area contributed by atoms with Gasteiger partial charge in [0.25, 0.3) is 5.91 Å². The van der Waals surface area contributed by atoms with Gasteiger partial charge in [0.2, 0.25) is 0 Å². The molecule has 84 valence electrons. The lowest BCUT2D eigenvalue weighted by atomic mass is 10.2. The van der Waals surface area contributed by atoms with Gasteiger partial charge in [-0.1, -0.05) is 12.0 Å². The number of terminal acetylenes is 1. The van der Waals surface area contributed by atoms with Gasteiger partial charge in [0.05, 0.1) is 12.1 Å². The summed E-state index contributed by atoms with van der Waals surface area (Å²) in [6.45, 7) is 2.42. The van der Waals surface area contributed by atoms with E-state index in [2.05, 4.69) is 21.9 Å². The van der Waals surface area contributed by atoms with Crippen LogP contribution in [0, 0.1) is 18.2 Å².